The highest BCUT2D eigenvalue weighted by Gasteiger charge is 2.20. The first-order chi connectivity index (χ1) is 13.1. The zero-order chi connectivity index (χ0) is 19.2. The van der Waals surface area contributed by atoms with E-state index in [0.717, 1.165) is 50.9 Å². The van der Waals surface area contributed by atoms with E-state index < -0.39 is 5.97 Å². The summed E-state index contributed by atoms with van der Waals surface area (Å²) in [5, 5.41) is 16.8. The van der Waals surface area contributed by atoms with E-state index in [1.807, 2.05) is 6.92 Å². The predicted octanol–water partition coefficient (Wildman–Crippen LogP) is 1.66. The molecule has 0 bridgehead atoms. The number of aliphatic carboxylic acids is 1. The van der Waals surface area contributed by atoms with Crippen molar-refractivity contribution in [3.05, 3.63) is 11.9 Å². The molecular formula is C18H28N6O3. The standard InChI is InChI=1S/C18H28N6O3/c1-2-3-14(4-5-15(25)26)27-18-22-16(19)17-21-11-13(24(17)23-18)10-12-6-8-20-9-7-12/h11-12,14,20H,2-10H2,1H3,(H,25,26)(H2,19,22,23). The van der Waals surface area contributed by atoms with Crippen molar-refractivity contribution in [3.8, 4) is 6.01 Å². The van der Waals surface area contributed by atoms with Gasteiger partial charge in [-0.15, -0.1) is 5.10 Å². The van der Waals surface area contributed by atoms with Gasteiger partial charge in [0.1, 0.15) is 6.10 Å². The Morgan fingerprint density at radius 2 is 2.22 bits per heavy atom. The van der Waals surface area contributed by atoms with E-state index in [1.165, 1.54) is 0 Å². The molecule has 2 aromatic rings. The lowest BCUT2D eigenvalue weighted by atomic mass is 9.93. The number of imidazole rings is 1. The number of nitrogen functional groups attached to an aromatic ring is 1. The molecule has 3 heterocycles. The number of ether oxygens (including phenoxy) is 1. The summed E-state index contributed by atoms with van der Waals surface area (Å²) in [6.07, 6.45) is 6.78. The fraction of sp³-hybridized carbons (Fsp3) is 0.667. The lowest BCUT2D eigenvalue weighted by Gasteiger charge is -2.22. The van der Waals surface area contributed by atoms with E-state index in [0.29, 0.717) is 18.0 Å². The number of nitrogens with one attached hydrogen (secondary N) is 1. The fourth-order valence-electron chi connectivity index (χ4n) is 3.52. The van der Waals surface area contributed by atoms with Crippen LogP contribution >= 0.6 is 0 Å². The maximum absolute atomic E-state index is 10.9. The molecule has 9 nitrogen and oxygen atoms in total. The van der Waals surface area contributed by atoms with E-state index in [4.69, 9.17) is 15.6 Å². The third-order valence-corrected chi connectivity index (χ3v) is 4.96. The molecule has 0 aromatic carbocycles. The van der Waals surface area contributed by atoms with Crippen LogP contribution in [0.25, 0.3) is 5.65 Å². The SMILES string of the molecule is CCCC(CCC(=O)O)Oc1nc(N)c2ncc(CC3CCNCC3)n2n1. The van der Waals surface area contributed by atoms with Crippen LogP contribution < -0.4 is 15.8 Å². The molecule has 3 rings (SSSR count). The predicted molar refractivity (Wildman–Crippen MR) is 101 cm³/mol. The van der Waals surface area contributed by atoms with E-state index in [2.05, 4.69) is 20.4 Å². The quantitative estimate of drug-likeness (QED) is 0.603. The molecule has 4 N–H and O–H groups in total. The molecule has 1 fully saturated rings. The molecule has 1 unspecified atom stereocenters. The van der Waals surface area contributed by atoms with Gasteiger partial charge in [0.15, 0.2) is 11.5 Å². The third-order valence-electron chi connectivity index (χ3n) is 4.96. The van der Waals surface area contributed by atoms with Crippen molar-refractivity contribution in [2.75, 3.05) is 18.8 Å². The average molecular weight is 376 g/mol. The van der Waals surface area contributed by atoms with Crippen molar-refractivity contribution < 1.29 is 14.6 Å². The minimum atomic E-state index is -0.838. The highest BCUT2D eigenvalue weighted by Crippen LogP contribution is 2.22. The van der Waals surface area contributed by atoms with Crippen LogP contribution in [0.5, 0.6) is 6.01 Å². The van der Waals surface area contributed by atoms with Crippen molar-refractivity contribution >= 4 is 17.4 Å². The molecule has 148 valence electrons. The van der Waals surface area contributed by atoms with Crippen LogP contribution in [0.1, 0.15) is 51.1 Å². The summed E-state index contributed by atoms with van der Waals surface area (Å²) in [5.41, 5.74) is 7.58. The van der Waals surface area contributed by atoms with Crippen molar-refractivity contribution in [1.82, 2.24) is 24.9 Å². The molecule has 1 atom stereocenters. The first kappa shape index (κ1) is 19.3. The molecule has 0 aliphatic carbocycles. The summed E-state index contributed by atoms with van der Waals surface area (Å²) in [5.74, 6) is 0.0228. The Bertz CT molecular complexity index is 772. The first-order valence-electron chi connectivity index (χ1n) is 9.66. The van der Waals surface area contributed by atoms with Crippen molar-refractivity contribution in [3.63, 3.8) is 0 Å². The van der Waals surface area contributed by atoms with Crippen LogP contribution in [-0.4, -0.2) is 49.9 Å². The van der Waals surface area contributed by atoms with Crippen LogP contribution in [0, 0.1) is 5.92 Å². The number of nitrogens with two attached hydrogens (primary N) is 1. The van der Waals surface area contributed by atoms with Gasteiger partial charge in [-0.1, -0.05) is 13.3 Å². The third kappa shape index (κ3) is 5.06. The minimum absolute atomic E-state index is 0.0500. The zero-order valence-corrected chi connectivity index (χ0v) is 15.7. The van der Waals surface area contributed by atoms with Crippen molar-refractivity contribution in [1.29, 1.82) is 0 Å². The summed E-state index contributed by atoms with van der Waals surface area (Å²) in [6, 6.07) is 0.174. The fourth-order valence-corrected chi connectivity index (χ4v) is 3.52. The van der Waals surface area contributed by atoms with Gasteiger partial charge >= 0.3 is 12.0 Å². The summed E-state index contributed by atoms with van der Waals surface area (Å²) in [7, 11) is 0. The first-order valence-corrected chi connectivity index (χ1v) is 9.66. The van der Waals surface area contributed by atoms with Gasteiger partial charge in [-0.25, -0.2) is 9.50 Å². The van der Waals surface area contributed by atoms with E-state index in [1.54, 1.807) is 10.7 Å². The largest absolute Gasteiger partial charge is 0.481 e. The number of carbonyl (C=O) groups is 1. The number of fused-ring (bicyclic) bond motifs is 1. The Balaban J connectivity index is 1.78. The van der Waals surface area contributed by atoms with Gasteiger partial charge in [0.25, 0.3) is 0 Å². The second kappa shape index (κ2) is 8.98. The lowest BCUT2D eigenvalue weighted by molar-refractivity contribution is -0.137. The van der Waals surface area contributed by atoms with Crippen LogP contribution in [0.4, 0.5) is 5.82 Å². The Hall–Kier alpha value is -2.42. The Morgan fingerprint density at radius 3 is 2.93 bits per heavy atom. The van der Waals surface area contributed by atoms with Crippen LogP contribution in [0.15, 0.2) is 6.20 Å². The maximum Gasteiger partial charge on any atom is 0.336 e. The Morgan fingerprint density at radius 1 is 1.44 bits per heavy atom. The van der Waals surface area contributed by atoms with Gasteiger partial charge in [-0.05, 0) is 51.1 Å². The lowest BCUT2D eigenvalue weighted by Crippen LogP contribution is -2.29. The number of piperidine rings is 1. The average Bonchev–Trinajstić information content (AvgIpc) is 3.04. The van der Waals surface area contributed by atoms with E-state index >= 15 is 0 Å². The molecule has 0 saturated carbocycles. The summed E-state index contributed by atoms with van der Waals surface area (Å²) in [6.45, 7) is 4.10. The van der Waals surface area contributed by atoms with Crippen LogP contribution in [-0.2, 0) is 11.2 Å². The normalized spacial score (nSPS) is 16.5. The van der Waals surface area contributed by atoms with Gasteiger partial charge in [-0.3, -0.25) is 4.79 Å². The number of carboxylic acid groups (broad SMARTS) is 1. The number of aromatic nitrogens is 4. The van der Waals surface area contributed by atoms with E-state index in [9.17, 15) is 4.79 Å². The van der Waals surface area contributed by atoms with Crippen LogP contribution in [0.3, 0.4) is 0 Å². The molecular weight excluding hydrogens is 348 g/mol. The monoisotopic (exact) mass is 376 g/mol. The molecule has 1 aliphatic heterocycles. The molecule has 0 amide bonds. The second-order valence-electron chi connectivity index (χ2n) is 7.12. The second-order valence-corrected chi connectivity index (χ2v) is 7.12. The number of rotatable bonds is 9. The molecule has 0 radical (unpaired) electrons. The minimum Gasteiger partial charge on any atom is -0.481 e. The summed E-state index contributed by atoms with van der Waals surface area (Å²) < 4.78 is 7.61. The van der Waals surface area contributed by atoms with Crippen molar-refractivity contribution in [2.45, 2.75) is 58.0 Å². The summed E-state index contributed by atoms with van der Waals surface area (Å²) in [4.78, 5) is 19.4. The molecule has 0 spiro atoms. The Labute approximate surface area is 158 Å². The smallest absolute Gasteiger partial charge is 0.336 e. The molecule has 9 heteroatoms. The molecule has 1 saturated heterocycles. The number of carboxylic acids is 1. The van der Waals surface area contributed by atoms with Gasteiger partial charge in [-0.2, -0.15) is 4.98 Å². The maximum atomic E-state index is 10.9. The highest BCUT2D eigenvalue weighted by molar-refractivity contribution is 5.66. The van der Waals surface area contributed by atoms with Crippen molar-refractivity contribution in [2.24, 2.45) is 5.92 Å². The zero-order valence-electron chi connectivity index (χ0n) is 15.7. The number of hydrogen-bond acceptors (Lipinski definition) is 7. The number of hydrogen-bond donors (Lipinski definition) is 3. The topological polar surface area (TPSA) is 128 Å². The summed E-state index contributed by atoms with van der Waals surface area (Å²) >= 11 is 0. The van der Waals surface area contributed by atoms with Gasteiger partial charge in [0, 0.05) is 6.42 Å². The van der Waals surface area contributed by atoms with Gasteiger partial charge in [0.2, 0.25) is 0 Å². The van der Waals surface area contributed by atoms with Gasteiger partial charge in [0.05, 0.1) is 11.9 Å². The number of anilines is 1. The highest BCUT2D eigenvalue weighted by atomic mass is 16.5. The van der Waals surface area contributed by atoms with Gasteiger partial charge < -0.3 is 20.9 Å². The molecule has 2 aromatic heterocycles. The molecule has 27 heavy (non-hydrogen) atoms. The van der Waals surface area contributed by atoms with Crippen LogP contribution in [0.2, 0.25) is 0 Å². The Kier molecular flexibility index (Phi) is 6.44. The number of nitrogens with zero attached hydrogens (tertiary/aromatic N) is 4. The van der Waals surface area contributed by atoms with E-state index in [-0.39, 0.29) is 24.4 Å². The molecule has 1 aliphatic rings.